The van der Waals surface area contributed by atoms with Crippen molar-refractivity contribution in [1.29, 1.82) is 0 Å². The fraction of sp³-hybridized carbons (Fsp3) is 0.107. The number of nitrogens with one attached hydrogen (secondary N) is 2. The molecule has 0 aliphatic carbocycles. The molecular formula is C28H23N3O6S. The zero-order valence-electron chi connectivity index (χ0n) is 20.4. The van der Waals surface area contributed by atoms with Gasteiger partial charge in [-0.1, -0.05) is 30.3 Å². The third-order valence-corrected chi connectivity index (χ3v) is 6.93. The van der Waals surface area contributed by atoms with E-state index in [1.165, 1.54) is 36.0 Å². The van der Waals surface area contributed by atoms with Crippen LogP contribution in [0.3, 0.4) is 0 Å². The number of non-ortho nitro benzene ring substituents is 1. The molecular weight excluding hydrogens is 506 g/mol. The van der Waals surface area contributed by atoms with Crippen molar-refractivity contribution in [2.45, 2.75) is 24.0 Å². The first-order valence-electron chi connectivity index (χ1n) is 11.5. The highest BCUT2D eigenvalue weighted by atomic mass is 32.2. The number of aryl methyl sites for hydroxylation is 1. The van der Waals surface area contributed by atoms with Gasteiger partial charge >= 0.3 is 5.97 Å². The molecule has 1 unspecified atom stereocenters. The number of rotatable bonds is 8. The monoisotopic (exact) mass is 529 g/mol. The van der Waals surface area contributed by atoms with Gasteiger partial charge in [0.15, 0.2) is 0 Å². The van der Waals surface area contributed by atoms with Crippen molar-refractivity contribution in [2.75, 3.05) is 10.6 Å². The fourth-order valence-corrected chi connectivity index (χ4v) is 4.87. The van der Waals surface area contributed by atoms with Crippen molar-refractivity contribution in [3.8, 4) is 0 Å². The van der Waals surface area contributed by atoms with Crippen LogP contribution in [0.1, 0.15) is 33.2 Å². The molecule has 4 rings (SSSR count). The van der Waals surface area contributed by atoms with Gasteiger partial charge in [0.1, 0.15) is 0 Å². The minimum atomic E-state index is -1.12. The zero-order chi connectivity index (χ0) is 27.4. The van der Waals surface area contributed by atoms with Gasteiger partial charge < -0.3 is 15.7 Å². The molecule has 3 N–H and O–H groups in total. The summed E-state index contributed by atoms with van der Waals surface area (Å²) in [6.45, 7) is 3.41. The number of thioether (sulfide) groups is 1. The Bertz CT molecular complexity index is 1580. The van der Waals surface area contributed by atoms with Crippen LogP contribution < -0.4 is 10.6 Å². The van der Waals surface area contributed by atoms with Crippen LogP contribution in [0.5, 0.6) is 0 Å². The van der Waals surface area contributed by atoms with Gasteiger partial charge in [0, 0.05) is 39.4 Å². The summed E-state index contributed by atoms with van der Waals surface area (Å²) in [6, 6.07) is 21.1. The Morgan fingerprint density at radius 3 is 2.26 bits per heavy atom. The second kappa shape index (κ2) is 11.1. The van der Waals surface area contributed by atoms with E-state index in [1.807, 2.05) is 6.07 Å². The number of benzene rings is 4. The predicted octanol–water partition coefficient (Wildman–Crippen LogP) is 6.13. The molecule has 0 heterocycles. The molecule has 2 amide bonds. The number of amides is 2. The maximum absolute atomic E-state index is 13.1. The quantitative estimate of drug-likeness (QED) is 0.142. The fourth-order valence-electron chi connectivity index (χ4n) is 3.95. The van der Waals surface area contributed by atoms with Gasteiger partial charge in [-0.3, -0.25) is 19.7 Å². The van der Waals surface area contributed by atoms with E-state index < -0.39 is 22.0 Å². The largest absolute Gasteiger partial charge is 0.478 e. The molecule has 9 nitrogen and oxygen atoms in total. The van der Waals surface area contributed by atoms with E-state index >= 15 is 0 Å². The lowest BCUT2D eigenvalue weighted by atomic mass is 9.98. The van der Waals surface area contributed by atoms with Gasteiger partial charge in [-0.05, 0) is 61.2 Å². The SMILES string of the molecule is Cc1cc([N+](=O)[O-])ccc1NC(=O)C(C)Sc1cccc(NC(=O)c2cccc3cccc(C(=O)O)c23)c1. The summed E-state index contributed by atoms with van der Waals surface area (Å²) in [7, 11) is 0. The lowest BCUT2D eigenvalue weighted by Gasteiger charge is -2.14. The van der Waals surface area contributed by atoms with Crippen LogP contribution in [0.2, 0.25) is 0 Å². The van der Waals surface area contributed by atoms with Crippen LogP contribution in [-0.4, -0.2) is 33.1 Å². The van der Waals surface area contributed by atoms with Crippen molar-refractivity contribution >= 4 is 57.4 Å². The van der Waals surface area contributed by atoms with E-state index in [4.69, 9.17) is 0 Å². The van der Waals surface area contributed by atoms with Crippen LogP contribution in [-0.2, 0) is 4.79 Å². The molecule has 1 atom stereocenters. The van der Waals surface area contributed by atoms with E-state index in [9.17, 15) is 29.6 Å². The standard InChI is InChI=1S/C28H23N3O6S/c1-16-14-20(31(36)37)12-13-24(16)30-26(32)17(2)38-21-9-5-8-19(15-21)29-27(33)22-10-3-6-18-7-4-11-23(25(18)22)28(34)35/h3-15,17H,1-2H3,(H,29,33)(H,30,32)(H,34,35). The van der Waals surface area contributed by atoms with Crippen molar-refractivity contribution < 1.29 is 24.4 Å². The summed E-state index contributed by atoms with van der Waals surface area (Å²) in [5, 5.41) is 26.6. The second-order valence-electron chi connectivity index (χ2n) is 8.50. The molecule has 0 saturated carbocycles. The first-order chi connectivity index (χ1) is 18.1. The molecule has 0 saturated heterocycles. The van der Waals surface area contributed by atoms with E-state index in [0.29, 0.717) is 27.7 Å². The van der Waals surface area contributed by atoms with Gasteiger partial charge in [0.05, 0.1) is 15.7 Å². The van der Waals surface area contributed by atoms with Gasteiger partial charge in [0.2, 0.25) is 5.91 Å². The molecule has 4 aromatic rings. The smallest absolute Gasteiger partial charge is 0.336 e. The number of fused-ring (bicyclic) bond motifs is 1. The van der Waals surface area contributed by atoms with Crippen molar-refractivity contribution in [3.63, 3.8) is 0 Å². The number of nitro benzene ring substituents is 1. The number of nitro groups is 1. The Kier molecular flexibility index (Phi) is 7.73. The molecule has 0 radical (unpaired) electrons. The zero-order valence-corrected chi connectivity index (χ0v) is 21.2. The Labute approximate surface area is 222 Å². The van der Waals surface area contributed by atoms with Gasteiger partial charge in [-0.15, -0.1) is 11.8 Å². The van der Waals surface area contributed by atoms with Crippen LogP contribution >= 0.6 is 11.8 Å². The lowest BCUT2D eigenvalue weighted by Crippen LogP contribution is -2.22. The molecule has 192 valence electrons. The molecule has 0 fully saturated rings. The molecule has 0 spiro atoms. The van der Waals surface area contributed by atoms with E-state index in [-0.39, 0.29) is 22.7 Å². The van der Waals surface area contributed by atoms with Gasteiger partial charge in [-0.25, -0.2) is 4.79 Å². The number of hydrogen-bond donors (Lipinski definition) is 3. The highest BCUT2D eigenvalue weighted by Crippen LogP contribution is 2.29. The van der Waals surface area contributed by atoms with Crippen LogP contribution in [0.4, 0.5) is 17.1 Å². The number of carbonyl (C=O) groups excluding carboxylic acids is 2. The van der Waals surface area contributed by atoms with E-state index in [1.54, 1.807) is 62.4 Å². The number of aromatic carboxylic acids is 1. The van der Waals surface area contributed by atoms with Crippen molar-refractivity contribution in [3.05, 3.63) is 106 Å². The number of carboxylic acids is 1. The lowest BCUT2D eigenvalue weighted by molar-refractivity contribution is -0.384. The molecule has 0 aliphatic heterocycles. The molecule has 0 aliphatic rings. The normalized spacial score (nSPS) is 11.5. The minimum Gasteiger partial charge on any atom is -0.478 e. The summed E-state index contributed by atoms with van der Waals surface area (Å²) >= 11 is 1.28. The number of nitrogens with zero attached hydrogens (tertiary/aromatic N) is 1. The summed E-state index contributed by atoms with van der Waals surface area (Å²) in [5.74, 6) is -1.85. The highest BCUT2D eigenvalue weighted by molar-refractivity contribution is 8.00. The van der Waals surface area contributed by atoms with E-state index in [0.717, 1.165) is 4.90 Å². The number of carbonyl (C=O) groups is 3. The van der Waals surface area contributed by atoms with Crippen LogP contribution in [0.25, 0.3) is 10.8 Å². The van der Waals surface area contributed by atoms with Crippen molar-refractivity contribution in [1.82, 2.24) is 0 Å². The molecule has 10 heteroatoms. The average Bonchev–Trinajstić information content (AvgIpc) is 2.89. The van der Waals surface area contributed by atoms with Gasteiger partial charge in [-0.2, -0.15) is 0 Å². The third kappa shape index (κ3) is 5.81. The molecule has 0 bridgehead atoms. The maximum Gasteiger partial charge on any atom is 0.336 e. The molecule has 4 aromatic carbocycles. The Hall–Kier alpha value is -4.70. The second-order valence-corrected chi connectivity index (χ2v) is 9.92. The highest BCUT2D eigenvalue weighted by Gasteiger charge is 2.19. The Balaban J connectivity index is 1.47. The van der Waals surface area contributed by atoms with Gasteiger partial charge in [0.25, 0.3) is 11.6 Å². The van der Waals surface area contributed by atoms with Crippen LogP contribution in [0, 0.1) is 17.0 Å². The molecule has 38 heavy (non-hydrogen) atoms. The van der Waals surface area contributed by atoms with Crippen LogP contribution in [0.15, 0.2) is 83.8 Å². The minimum absolute atomic E-state index is 0.0423. The number of carboxylic acid groups (broad SMARTS) is 1. The number of anilines is 2. The van der Waals surface area contributed by atoms with Crippen molar-refractivity contribution in [2.24, 2.45) is 0 Å². The third-order valence-electron chi connectivity index (χ3n) is 5.83. The topological polar surface area (TPSA) is 139 Å². The number of hydrogen-bond acceptors (Lipinski definition) is 6. The average molecular weight is 530 g/mol. The summed E-state index contributed by atoms with van der Waals surface area (Å²) in [4.78, 5) is 48.8. The predicted molar refractivity (Wildman–Crippen MR) is 147 cm³/mol. The maximum atomic E-state index is 13.1. The Morgan fingerprint density at radius 2 is 1.61 bits per heavy atom. The van der Waals surface area contributed by atoms with E-state index in [2.05, 4.69) is 10.6 Å². The summed E-state index contributed by atoms with van der Waals surface area (Å²) < 4.78 is 0. The molecule has 0 aromatic heterocycles. The first-order valence-corrected chi connectivity index (χ1v) is 12.4. The summed E-state index contributed by atoms with van der Waals surface area (Å²) in [5.41, 5.74) is 1.79. The first kappa shape index (κ1) is 26.4. The summed E-state index contributed by atoms with van der Waals surface area (Å²) in [6.07, 6.45) is 0. The Morgan fingerprint density at radius 1 is 0.921 bits per heavy atom.